The summed E-state index contributed by atoms with van der Waals surface area (Å²) in [5.41, 5.74) is -0.226. The highest BCUT2D eigenvalue weighted by atomic mass is 79.9. The van der Waals surface area contributed by atoms with E-state index in [0.717, 1.165) is 10.9 Å². The van der Waals surface area contributed by atoms with Crippen LogP contribution in [0.15, 0.2) is 23.2 Å². The number of anilines is 1. The van der Waals surface area contributed by atoms with Gasteiger partial charge in [0, 0.05) is 0 Å². The van der Waals surface area contributed by atoms with Gasteiger partial charge in [-0.1, -0.05) is 5.21 Å². The first-order valence-electron chi connectivity index (χ1n) is 4.95. The molecule has 2 aromatic rings. The Labute approximate surface area is 114 Å². The van der Waals surface area contributed by atoms with E-state index >= 15 is 0 Å². The fraction of sp³-hybridized carbons (Fsp3) is 0.111. The largest absolute Gasteiger partial charge is 0.476 e. The number of hydrogen-bond acceptors (Lipinski definition) is 6. The smallest absolute Gasteiger partial charge is 0.358 e. The zero-order chi connectivity index (χ0) is 13.8. The third-order valence-corrected chi connectivity index (χ3v) is 2.36. The highest BCUT2D eigenvalue weighted by Gasteiger charge is 2.11. The highest BCUT2D eigenvalue weighted by Crippen LogP contribution is 2.06. The second kappa shape index (κ2) is 5.52. The number of carbonyl (C=O) groups excluding carboxylic acids is 1. The maximum Gasteiger partial charge on any atom is 0.358 e. The van der Waals surface area contributed by atoms with Crippen LogP contribution >= 0.6 is 15.9 Å². The maximum absolute atomic E-state index is 11.6. The fourth-order valence-corrected chi connectivity index (χ4v) is 1.38. The molecule has 0 aliphatic carbocycles. The van der Waals surface area contributed by atoms with Crippen molar-refractivity contribution in [3.05, 3.63) is 28.9 Å². The van der Waals surface area contributed by atoms with Gasteiger partial charge in [-0.05, 0) is 15.9 Å². The highest BCUT2D eigenvalue weighted by molar-refractivity contribution is 9.10. The Morgan fingerprint density at radius 3 is 2.74 bits per heavy atom. The van der Waals surface area contributed by atoms with Crippen LogP contribution in [0.4, 0.5) is 5.82 Å². The lowest BCUT2D eigenvalue weighted by molar-refractivity contribution is -0.117. The summed E-state index contributed by atoms with van der Waals surface area (Å²) >= 11 is 3.12. The molecule has 2 aromatic heterocycles. The molecule has 0 fully saturated rings. The van der Waals surface area contributed by atoms with Crippen LogP contribution in [0.1, 0.15) is 10.5 Å². The van der Waals surface area contributed by atoms with Crippen LogP contribution in [0.25, 0.3) is 0 Å². The predicted octanol–water partition coefficient (Wildman–Crippen LogP) is 0.167. The zero-order valence-electron chi connectivity index (χ0n) is 9.32. The Hall–Kier alpha value is -2.36. The number of hydrogen-bond donors (Lipinski definition) is 2. The molecule has 0 spiro atoms. The number of amides is 1. The number of carbonyl (C=O) groups is 2. The van der Waals surface area contributed by atoms with Crippen molar-refractivity contribution in [2.24, 2.45) is 0 Å². The molecule has 0 unspecified atom stereocenters. The molecule has 2 rings (SSSR count). The first-order chi connectivity index (χ1) is 9.04. The summed E-state index contributed by atoms with van der Waals surface area (Å²) in [5, 5.41) is 18.0. The molecule has 9 nitrogen and oxygen atoms in total. The number of aromatic carboxylic acids is 1. The molecule has 98 valence electrons. The van der Waals surface area contributed by atoms with Crippen molar-refractivity contribution in [2.75, 3.05) is 5.32 Å². The number of nitrogens with zero attached hydrogens (tertiary/aromatic N) is 5. The van der Waals surface area contributed by atoms with Crippen LogP contribution in [0.3, 0.4) is 0 Å². The normalized spacial score (nSPS) is 10.2. The van der Waals surface area contributed by atoms with Crippen LogP contribution in [0.5, 0.6) is 0 Å². The number of halogens is 1. The van der Waals surface area contributed by atoms with E-state index in [1.807, 2.05) is 0 Å². The molecule has 2 heterocycles. The monoisotopic (exact) mass is 326 g/mol. The third-order valence-electron chi connectivity index (χ3n) is 1.95. The Bertz CT molecular complexity index is 611. The lowest BCUT2D eigenvalue weighted by Crippen LogP contribution is -2.19. The Kier molecular flexibility index (Phi) is 3.80. The van der Waals surface area contributed by atoms with E-state index in [1.54, 1.807) is 0 Å². The molecule has 0 atom stereocenters. The minimum absolute atomic E-state index is 0.169. The first-order valence-corrected chi connectivity index (χ1v) is 5.75. The maximum atomic E-state index is 11.6. The number of aromatic nitrogens is 5. The molecule has 0 aliphatic rings. The van der Waals surface area contributed by atoms with Gasteiger partial charge in [-0.15, -0.1) is 5.10 Å². The minimum atomic E-state index is -1.20. The quantitative estimate of drug-likeness (QED) is 0.820. The van der Waals surface area contributed by atoms with Gasteiger partial charge in [0.05, 0.1) is 18.6 Å². The second-order valence-electron chi connectivity index (χ2n) is 3.38. The van der Waals surface area contributed by atoms with Gasteiger partial charge in [0.2, 0.25) is 5.91 Å². The standard InChI is InChI=1S/C9H7BrN6O3/c10-6-1-12-7(2-11-6)13-8(17)4-16-3-5(9(18)19)14-15-16/h1-3H,4H2,(H,18,19)(H,12,13,17). The van der Waals surface area contributed by atoms with Gasteiger partial charge in [0.15, 0.2) is 11.5 Å². The van der Waals surface area contributed by atoms with Crippen molar-refractivity contribution < 1.29 is 14.7 Å². The van der Waals surface area contributed by atoms with E-state index in [9.17, 15) is 9.59 Å². The molecule has 10 heteroatoms. The molecule has 0 saturated heterocycles. The van der Waals surface area contributed by atoms with Gasteiger partial charge in [0.25, 0.3) is 0 Å². The number of carboxylic acid groups (broad SMARTS) is 1. The summed E-state index contributed by atoms with van der Waals surface area (Å²) in [6, 6.07) is 0. The van der Waals surface area contributed by atoms with Crippen molar-refractivity contribution in [3.63, 3.8) is 0 Å². The number of carboxylic acids is 1. The van der Waals surface area contributed by atoms with Gasteiger partial charge in [0.1, 0.15) is 11.1 Å². The molecule has 0 bridgehead atoms. The van der Waals surface area contributed by atoms with Crippen molar-refractivity contribution in [3.8, 4) is 0 Å². The van der Waals surface area contributed by atoms with E-state index in [0.29, 0.717) is 4.60 Å². The first kappa shape index (κ1) is 13.1. The lowest BCUT2D eigenvalue weighted by atomic mass is 10.5. The third kappa shape index (κ3) is 3.55. The van der Waals surface area contributed by atoms with Gasteiger partial charge < -0.3 is 10.4 Å². The van der Waals surface area contributed by atoms with E-state index in [4.69, 9.17) is 5.11 Å². The van der Waals surface area contributed by atoms with E-state index in [-0.39, 0.29) is 18.1 Å². The van der Waals surface area contributed by atoms with Crippen molar-refractivity contribution in [2.45, 2.75) is 6.54 Å². The molecule has 0 aliphatic heterocycles. The molecule has 19 heavy (non-hydrogen) atoms. The van der Waals surface area contributed by atoms with Gasteiger partial charge in [-0.3, -0.25) is 4.79 Å². The summed E-state index contributed by atoms with van der Waals surface area (Å²) in [6.07, 6.45) is 3.98. The fourth-order valence-electron chi connectivity index (χ4n) is 1.18. The minimum Gasteiger partial charge on any atom is -0.476 e. The molecule has 2 N–H and O–H groups in total. The molecule has 0 radical (unpaired) electrons. The summed E-state index contributed by atoms with van der Waals surface area (Å²) in [5.74, 6) is -1.34. The van der Waals surface area contributed by atoms with Crippen LogP contribution in [0.2, 0.25) is 0 Å². The van der Waals surface area contributed by atoms with Crippen LogP contribution in [-0.4, -0.2) is 41.9 Å². The summed E-state index contributed by atoms with van der Waals surface area (Å²) in [4.78, 5) is 30.0. The lowest BCUT2D eigenvalue weighted by Gasteiger charge is -2.03. The van der Waals surface area contributed by atoms with Gasteiger partial charge in [-0.25, -0.2) is 19.4 Å². The number of rotatable bonds is 4. The molecular formula is C9H7BrN6O3. The number of nitrogens with one attached hydrogen (secondary N) is 1. The van der Waals surface area contributed by atoms with Crippen LogP contribution in [0, 0.1) is 0 Å². The van der Waals surface area contributed by atoms with Crippen molar-refractivity contribution >= 4 is 33.6 Å². The van der Waals surface area contributed by atoms with Crippen LogP contribution in [-0.2, 0) is 11.3 Å². The molecular weight excluding hydrogens is 320 g/mol. The van der Waals surface area contributed by atoms with Crippen LogP contribution < -0.4 is 5.32 Å². The summed E-state index contributed by atoms with van der Waals surface area (Å²) in [6.45, 7) is -0.169. The molecule has 0 saturated carbocycles. The Morgan fingerprint density at radius 1 is 1.37 bits per heavy atom. The van der Waals surface area contributed by atoms with E-state index in [1.165, 1.54) is 12.4 Å². The zero-order valence-corrected chi connectivity index (χ0v) is 10.9. The Morgan fingerprint density at radius 2 is 2.16 bits per heavy atom. The van der Waals surface area contributed by atoms with Crippen molar-refractivity contribution in [1.82, 2.24) is 25.0 Å². The average molecular weight is 327 g/mol. The predicted molar refractivity (Wildman–Crippen MR) is 65.3 cm³/mol. The summed E-state index contributed by atoms with van der Waals surface area (Å²) in [7, 11) is 0. The van der Waals surface area contributed by atoms with Gasteiger partial charge in [-0.2, -0.15) is 0 Å². The molecule has 0 aromatic carbocycles. The topological polar surface area (TPSA) is 123 Å². The average Bonchev–Trinajstić information content (AvgIpc) is 2.80. The van der Waals surface area contributed by atoms with Crippen molar-refractivity contribution in [1.29, 1.82) is 0 Å². The summed E-state index contributed by atoms with van der Waals surface area (Å²) < 4.78 is 1.67. The SMILES string of the molecule is O=C(Cn1cc(C(=O)O)nn1)Nc1cnc(Br)cn1. The van der Waals surface area contributed by atoms with E-state index in [2.05, 4.69) is 41.5 Å². The Balaban J connectivity index is 1.97. The van der Waals surface area contributed by atoms with E-state index < -0.39 is 11.9 Å². The second-order valence-corrected chi connectivity index (χ2v) is 4.19. The molecule has 1 amide bonds. The van der Waals surface area contributed by atoms with Gasteiger partial charge >= 0.3 is 5.97 Å².